The molecule has 6 heteroatoms. The fourth-order valence-corrected chi connectivity index (χ4v) is 2.37. The third-order valence-corrected chi connectivity index (χ3v) is 3.66. The molecule has 0 bridgehead atoms. The second kappa shape index (κ2) is 10.3. The minimum absolute atomic E-state index is 0.0675. The van der Waals surface area contributed by atoms with Gasteiger partial charge in [0.25, 0.3) is 0 Å². The van der Waals surface area contributed by atoms with E-state index in [-0.39, 0.29) is 13.0 Å². The Balaban J connectivity index is 1.86. The first-order chi connectivity index (χ1) is 12.6. The van der Waals surface area contributed by atoms with Crippen LogP contribution in [0.25, 0.3) is 0 Å². The van der Waals surface area contributed by atoms with Crippen LogP contribution in [0, 0.1) is 0 Å². The van der Waals surface area contributed by atoms with Crippen molar-refractivity contribution in [2.45, 2.75) is 32.3 Å². The maximum atomic E-state index is 12.2. The molecule has 2 aromatic carbocycles. The van der Waals surface area contributed by atoms with E-state index in [1.165, 1.54) is 0 Å². The number of rotatable bonds is 9. The molecule has 0 aromatic heterocycles. The molecule has 2 unspecified atom stereocenters. The summed E-state index contributed by atoms with van der Waals surface area (Å²) in [6.45, 7) is 2.20. The third kappa shape index (κ3) is 6.31. The van der Waals surface area contributed by atoms with E-state index in [4.69, 9.17) is 9.47 Å². The number of benzene rings is 2. The molecule has 0 radical (unpaired) electrons. The zero-order chi connectivity index (χ0) is 18.8. The average molecular weight is 357 g/mol. The first-order valence-electron chi connectivity index (χ1n) is 8.46. The van der Waals surface area contributed by atoms with E-state index in [1.54, 1.807) is 37.3 Å². The topological polar surface area (TPSA) is 84.9 Å². The van der Waals surface area contributed by atoms with Crippen LogP contribution in [-0.2, 0) is 16.1 Å². The Bertz CT molecular complexity index is 690. The van der Waals surface area contributed by atoms with Crippen LogP contribution in [0.2, 0.25) is 0 Å². The smallest absolute Gasteiger partial charge is 0.409 e. The zero-order valence-corrected chi connectivity index (χ0v) is 14.6. The van der Waals surface area contributed by atoms with Gasteiger partial charge in [-0.25, -0.2) is 4.79 Å². The molecule has 2 atom stereocenters. The van der Waals surface area contributed by atoms with Crippen molar-refractivity contribution < 1.29 is 24.2 Å². The van der Waals surface area contributed by atoms with Crippen molar-refractivity contribution >= 4 is 11.9 Å². The summed E-state index contributed by atoms with van der Waals surface area (Å²) in [5, 5.41) is 12.7. The van der Waals surface area contributed by atoms with E-state index in [0.717, 1.165) is 5.56 Å². The van der Waals surface area contributed by atoms with Gasteiger partial charge in [-0.05, 0) is 12.5 Å². The molecule has 1 amide bonds. The quantitative estimate of drug-likeness (QED) is 0.532. The van der Waals surface area contributed by atoms with Crippen molar-refractivity contribution in [1.82, 2.24) is 5.32 Å². The van der Waals surface area contributed by atoms with Gasteiger partial charge in [-0.3, -0.25) is 10.1 Å². The standard InChI is InChI=1S/C20H23NO5/c1-2-25-18(13-17(22)19(23)16-11-7-4-8-12-16)21-20(24)26-14-15-9-5-3-6-10-15/h3-12,17-18,22H,2,13-14H2,1H3,(H,21,24). The number of alkyl carbamates (subject to hydrolysis) is 1. The van der Waals surface area contributed by atoms with Gasteiger partial charge in [0.1, 0.15) is 18.9 Å². The molecule has 0 spiro atoms. The zero-order valence-electron chi connectivity index (χ0n) is 14.6. The van der Waals surface area contributed by atoms with Crippen molar-refractivity contribution in [3.05, 3.63) is 71.8 Å². The van der Waals surface area contributed by atoms with Gasteiger partial charge in [-0.15, -0.1) is 0 Å². The summed E-state index contributed by atoms with van der Waals surface area (Å²) in [4.78, 5) is 24.2. The Morgan fingerprint density at radius 3 is 2.27 bits per heavy atom. The maximum absolute atomic E-state index is 12.2. The molecular formula is C20H23NO5. The fraction of sp³-hybridized carbons (Fsp3) is 0.300. The van der Waals surface area contributed by atoms with Crippen molar-refractivity contribution in [1.29, 1.82) is 0 Å². The lowest BCUT2D eigenvalue weighted by Gasteiger charge is -2.21. The number of carbonyl (C=O) groups is 2. The molecule has 26 heavy (non-hydrogen) atoms. The van der Waals surface area contributed by atoms with Crippen molar-refractivity contribution in [3.63, 3.8) is 0 Å². The van der Waals surface area contributed by atoms with Gasteiger partial charge < -0.3 is 14.6 Å². The number of Topliss-reactive ketones (excluding diaryl/α,β-unsaturated/α-hetero) is 1. The Labute approximate surface area is 152 Å². The lowest BCUT2D eigenvalue weighted by molar-refractivity contribution is 0.00131. The lowest BCUT2D eigenvalue weighted by Crippen LogP contribution is -2.41. The number of hydrogen-bond acceptors (Lipinski definition) is 5. The molecule has 2 rings (SSSR count). The summed E-state index contributed by atoms with van der Waals surface area (Å²) >= 11 is 0. The summed E-state index contributed by atoms with van der Waals surface area (Å²) in [5.74, 6) is -0.422. The molecule has 6 nitrogen and oxygen atoms in total. The normalized spacial score (nSPS) is 12.8. The molecule has 138 valence electrons. The largest absolute Gasteiger partial charge is 0.445 e. The van der Waals surface area contributed by atoms with E-state index < -0.39 is 24.2 Å². The van der Waals surface area contributed by atoms with Crippen LogP contribution in [0.5, 0.6) is 0 Å². The van der Waals surface area contributed by atoms with E-state index >= 15 is 0 Å². The van der Waals surface area contributed by atoms with Crippen LogP contribution in [-0.4, -0.2) is 35.9 Å². The molecule has 2 N–H and O–H groups in total. The number of nitrogens with one attached hydrogen (secondary N) is 1. The van der Waals surface area contributed by atoms with Crippen LogP contribution < -0.4 is 5.32 Å². The SMILES string of the molecule is CCOC(CC(O)C(=O)c1ccccc1)NC(=O)OCc1ccccc1. The van der Waals surface area contributed by atoms with Crippen molar-refractivity contribution in [2.24, 2.45) is 0 Å². The van der Waals surface area contributed by atoms with Gasteiger partial charge in [0.2, 0.25) is 0 Å². The number of amides is 1. The predicted molar refractivity (Wildman–Crippen MR) is 96.6 cm³/mol. The Hall–Kier alpha value is -2.70. The van der Waals surface area contributed by atoms with Crippen molar-refractivity contribution in [2.75, 3.05) is 6.61 Å². The maximum Gasteiger partial charge on any atom is 0.409 e. The number of aliphatic hydroxyl groups is 1. The summed E-state index contributed by atoms with van der Waals surface area (Å²) < 4.78 is 10.5. The van der Waals surface area contributed by atoms with Crippen LogP contribution >= 0.6 is 0 Å². The van der Waals surface area contributed by atoms with Crippen LogP contribution in [0.1, 0.15) is 29.3 Å². The molecule has 0 fully saturated rings. The molecular weight excluding hydrogens is 334 g/mol. The first-order valence-corrected chi connectivity index (χ1v) is 8.46. The van der Waals surface area contributed by atoms with Gasteiger partial charge in [0, 0.05) is 18.6 Å². The molecule has 0 saturated carbocycles. The van der Waals surface area contributed by atoms with Gasteiger partial charge >= 0.3 is 6.09 Å². The van der Waals surface area contributed by atoms with Crippen molar-refractivity contribution in [3.8, 4) is 0 Å². The number of carbonyl (C=O) groups excluding carboxylic acids is 2. The highest BCUT2D eigenvalue weighted by Crippen LogP contribution is 2.10. The number of ether oxygens (including phenoxy) is 2. The second-order valence-corrected chi connectivity index (χ2v) is 5.63. The Morgan fingerprint density at radius 1 is 1.04 bits per heavy atom. The average Bonchev–Trinajstić information content (AvgIpc) is 2.67. The van der Waals surface area contributed by atoms with Gasteiger partial charge in [0.05, 0.1) is 0 Å². The van der Waals surface area contributed by atoms with E-state index in [0.29, 0.717) is 12.2 Å². The molecule has 2 aromatic rings. The van der Waals surface area contributed by atoms with Crippen LogP contribution in [0.15, 0.2) is 60.7 Å². The summed E-state index contributed by atoms with van der Waals surface area (Å²) in [6, 6.07) is 17.8. The summed E-state index contributed by atoms with van der Waals surface area (Å²) in [7, 11) is 0. The van der Waals surface area contributed by atoms with Gasteiger partial charge in [-0.1, -0.05) is 60.7 Å². The third-order valence-electron chi connectivity index (χ3n) is 3.66. The highest BCUT2D eigenvalue weighted by molar-refractivity contribution is 5.99. The minimum atomic E-state index is -1.29. The monoisotopic (exact) mass is 357 g/mol. The molecule has 0 saturated heterocycles. The second-order valence-electron chi connectivity index (χ2n) is 5.63. The highest BCUT2D eigenvalue weighted by atomic mass is 16.6. The number of aliphatic hydroxyl groups excluding tert-OH is 1. The van der Waals surface area contributed by atoms with E-state index in [2.05, 4.69) is 5.32 Å². The molecule has 0 aliphatic rings. The summed E-state index contributed by atoms with van der Waals surface area (Å²) in [5.41, 5.74) is 1.26. The molecule has 0 heterocycles. The minimum Gasteiger partial charge on any atom is -0.445 e. The molecule has 0 aliphatic heterocycles. The van der Waals surface area contributed by atoms with E-state index in [9.17, 15) is 14.7 Å². The number of hydrogen-bond donors (Lipinski definition) is 2. The Morgan fingerprint density at radius 2 is 1.65 bits per heavy atom. The van der Waals surface area contributed by atoms with Gasteiger partial charge in [0.15, 0.2) is 5.78 Å². The highest BCUT2D eigenvalue weighted by Gasteiger charge is 2.23. The van der Waals surface area contributed by atoms with Crippen LogP contribution in [0.4, 0.5) is 4.79 Å². The Kier molecular flexibility index (Phi) is 7.79. The molecule has 0 aliphatic carbocycles. The van der Waals surface area contributed by atoms with Crippen LogP contribution in [0.3, 0.4) is 0 Å². The fourth-order valence-electron chi connectivity index (χ4n) is 2.37. The number of ketones is 1. The van der Waals surface area contributed by atoms with Gasteiger partial charge in [-0.2, -0.15) is 0 Å². The predicted octanol–water partition coefficient (Wildman–Crippen LogP) is 2.91. The van der Waals surface area contributed by atoms with E-state index in [1.807, 2.05) is 30.3 Å². The summed E-state index contributed by atoms with van der Waals surface area (Å²) in [6.07, 6.45) is -2.86. The first kappa shape index (κ1) is 19.6. The lowest BCUT2D eigenvalue weighted by atomic mass is 10.0.